The topological polar surface area (TPSA) is 0 Å². The molecule has 0 unspecified atom stereocenters. The molecule has 0 radical (unpaired) electrons. The lowest BCUT2D eigenvalue weighted by Crippen LogP contribution is -1.92. The van der Waals surface area contributed by atoms with Gasteiger partial charge in [0.1, 0.15) is 0 Å². The van der Waals surface area contributed by atoms with Crippen LogP contribution in [0.25, 0.3) is 0 Å². The van der Waals surface area contributed by atoms with Crippen LogP contribution in [0.15, 0.2) is 69.9 Å². The van der Waals surface area contributed by atoms with Gasteiger partial charge in [0.05, 0.1) is 0 Å². The average molecular weight is 389 g/mol. The van der Waals surface area contributed by atoms with Gasteiger partial charge in [0.15, 0.2) is 0 Å². The minimum atomic E-state index is 0.619. The van der Waals surface area contributed by atoms with Crippen LogP contribution in [0.5, 0.6) is 0 Å². The van der Waals surface area contributed by atoms with Gasteiger partial charge in [-0.15, -0.1) is 0 Å². The van der Waals surface area contributed by atoms with Gasteiger partial charge in [0, 0.05) is 0 Å². The lowest BCUT2D eigenvalue weighted by atomic mass is 9.97. The first-order valence-corrected chi connectivity index (χ1v) is 10.8. The molecule has 0 aliphatic carbocycles. The molecule has 28 heavy (non-hydrogen) atoms. The third-order valence-electron chi connectivity index (χ3n) is 4.09. The summed E-state index contributed by atoms with van der Waals surface area (Å²) in [7, 11) is 0. The van der Waals surface area contributed by atoms with Crippen LogP contribution in [0.1, 0.15) is 104 Å². The number of rotatable bonds is 5. The van der Waals surface area contributed by atoms with Gasteiger partial charge in [-0.3, -0.25) is 0 Å². The van der Waals surface area contributed by atoms with E-state index in [0.29, 0.717) is 5.92 Å². The highest BCUT2D eigenvalue weighted by atomic mass is 14.1. The minimum Gasteiger partial charge on any atom is -0.0961 e. The van der Waals surface area contributed by atoms with Crippen LogP contribution in [0.3, 0.4) is 0 Å². The van der Waals surface area contributed by atoms with E-state index in [2.05, 4.69) is 94.5 Å². The summed E-state index contributed by atoms with van der Waals surface area (Å²) < 4.78 is 0. The van der Waals surface area contributed by atoms with Crippen molar-refractivity contribution >= 4 is 0 Å². The zero-order chi connectivity index (χ0) is 23.6. The summed E-state index contributed by atoms with van der Waals surface area (Å²) in [5.41, 5.74) is 10.4. The predicted molar refractivity (Wildman–Crippen MR) is 137 cm³/mol. The summed E-state index contributed by atoms with van der Waals surface area (Å²) in [4.78, 5) is 0. The van der Waals surface area contributed by atoms with Crippen molar-refractivity contribution in [3.63, 3.8) is 0 Å². The molecular formula is C28H52. The third-order valence-corrected chi connectivity index (χ3v) is 4.09. The van der Waals surface area contributed by atoms with Crippen molar-refractivity contribution < 1.29 is 0 Å². The highest BCUT2D eigenvalue weighted by molar-refractivity contribution is 5.41. The maximum Gasteiger partial charge on any atom is -0.0247 e. The fourth-order valence-corrected chi connectivity index (χ4v) is 1.96. The first kappa shape index (κ1) is 34.0. The summed E-state index contributed by atoms with van der Waals surface area (Å²) in [6.07, 6.45) is 4.37. The molecule has 0 saturated carbocycles. The van der Waals surface area contributed by atoms with E-state index in [1.165, 1.54) is 33.4 Å². The Hall–Kier alpha value is -1.56. The zero-order valence-electron chi connectivity index (χ0n) is 22.1. The van der Waals surface area contributed by atoms with Crippen LogP contribution in [0, 0.1) is 5.92 Å². The summed E-state index contributed by atoms with van der Waals surface area (Å²) in [5, 5.41) is 0. The quantitative estimate of drug-likeness (QED) is 0.411. The van der Waals surface area contributed by atoms with Crippen LogP contribution in [0.4, 0.5) is 0 Å². The second-order valence-electron chi connectivity index (χ2n) is 7.54. The Balaban J connectivity index is -0.000000176. The second kappa shape index (κ2) is 20.2. The Morgan fingerprint density at radius 2 is 1.04 bits per heavy atom. The predicted octanol–water partition coefficient (Wildman–Crippen LogP) is 10.4. The summed E-state index contributed by atoms with van der Waals surface area (Å²) >= 11 is 0. The molecule has 0 aromatic rings. The van der Waals surface area contributed by atoms with Gasteiger partial charge in [0.2, 0.25) is 0 Å². The Morgan fingerprint density at radius 3 is 1.25 bits per heavy atom. The Bertz CT molecular complexity index is 561. The number of hydrogen-bond acceptors (Lipinski definition) is 0. The van der Waals surface area contributed by atoms with Gasteiger partial charge in [-0.1, -0.05) is 94.7 Å². The van der Waals surface area contributed by atoms with E-state index in [-0.39, 0.29) is 0 Å². The maximum atomic E-state index is 3.99. The molecule has 164 valence electrons. The highest BCUT2D eigenvalue weighted by Gasteiger charge is 2.01. The van der Waals surface area contributed by atoms with E-state index in [0.717, 1.165) is 11.1 Å². The minimum absolute atomic E-state index is 0.619. The van der Waals surface area contributed by atoms with E-state index in [1.54, 1.807) is 0 Å². The maximum absolute atomic E-state index is 3.99. The standard InChI is InChI=1S/C13H22.C11H18.2C2H6/c1-9(2)12(7)8-13(10(3)4)11(5)6;1-8(2)7-10(5)11(6)9(3)4;2*1-2/h8-9H,3H2,1-2,4-7H3;7H,1H2,2-6H3;2*1-2H3/b12-8-;10-7-;;. The molecule has 0 rings (SSSR count). The second-order valence-corrected chi connectivity index (χ2v) is 7.54. The molecule has 0 amide bonds. The molecule has 0 heterocycles. The van der Waals surface area contributed by atoms with Crippen molar-refractivity contribution in [1.29, 1.82) is 0 Å². The van der Waals surface area contributed by atoms with Crippen molar-refractivity contribution in [3.8, 4) is 0 Å². The number of allylic oxidation sites excluding steroid dienone is 10. The Kier molecular flexibility index (Phi) is 24.5. The van der Waals surface area contributed by atoms with E-state index in [9.17, 15) is 0 Å². The van der Waals surface area contributed by atoms with Crippen LogP contribution < -0.4 is 0 Å². The van der Waals surface area contributed by atoms with Gasteiger partial charge in [-0.05, 0) is 85.0 Å². The van der Waals surface area contributed by atoms with Crippen molar-refractivity contribution in [3.05, 3.63) is 69.9 Å². The van der Waals surface area contributed by atoms with E-state index in [1.807, 2.05) is 34.6 Å². The van der Waals surface area contributed by atoms with E-state index < -0.39 is 0 Å². The van der Waals surface area contributed by atoms with Crippen molar-refractivity contribution in [2.24, 2.45) is 5.92 Å². The van der Waals surface area contributed by atoms with Crippen LogP contribution >= 0.6 is 0 Å². The van der Waals surface area contributed by atoms with E-state index >= 15 is 0 Å². The molecule has 0 nitrogen and oxygen atoms in total. The monoisotopic (exact) mass is 388 g/mol. The summed E-state index contributed by atoms with van der Waals surface area (Å²) in [6, 6.07) is 0. The third kappa shape index (κ3) is 19.2. The van der Waals surface area contributed by atoms with Gasteiger partial charge in [-0.25, -0.2) is 0 Å². The highest BCUT2D eigenvalue weighted by Crippen LogP contribution is 2.19. The molecule has 0 N–H and O–H groups in total. The molecule has 0 spiro atoms. The molecule has 0 aliphatic rings. The fraction of sp³-hybridized carbons (Fsp3) is 0.571. The largest absolute Gasteiger partial charge is 0.0961 e. The smallest absolute Gasteiger partial charge is 0.0247 e. The molecule has 0 aliphatic heterocycles. The molecule has 0 atom stereocenters. The fourth-order valence-electron chi connectivity index (χ4n) is 1.96. The van der Waals surface area contributed by atoms with Crippen molar-refractivity contribution in [2.45, 2.75) is 104 Å². The molecule has 0 heteroatoms. The van der Waals surface area contributed by atoms with Gasteiger partial charge in [0.25, 0.3) is 0 Å². The van der Waals surface area contributed by atoms with Crippen LogP contribution in [-0.4, -0.2) is 0 Å². The zero-order valence-corrected chi connectivity index (χ0v) is 22.1. The van der Waals surface area contributed by atoms with Crippen LogP contribution in [0.2, 0.25) is 0 Å². The van der Waals surface area contributed by atoms with Gasteiger partial charge >= 0.3 is 0 Å². The van der Waals surface area contributed by atoms with Gasteiger partial charge < -0.3 is 0 Å². The van der Waals surface area contributed by atoms with Gasteiger partial charge in [-0.2, -0.15) is 0 Å². The summed E-state index contributed by atoms with van der Waals surface area (Å²) in [5.74, 6) is 0.619. The van der Waals surface area contributed by atoms with Crippen molar-refractivity contribution in [2.75, 3.05) is 0 Å². The van der Waals surface area contributed by atoms with Crippen molar-refractivity contribution in [1.82, 2.24) is 0 Å². The molecular weight excluding hydrogens is 336 g/mol. The first-order chi connectivity index (χ1) is 12.8. The van der Waals surface area contributed by atoms with Crippen LogP contribution in [-0.2, 0) is 0 Å². The summed E-state index contributed by atoms with van der Waals surface area (Å²) in [6.45, 7) is 39.3. The lowest BCUT2D eigenvalue weighted by Gasteiger charge is -2.09. The Labute approximate surface area is 179 Å². The normalized spacial score (nSPS) is 10.3. The molecule has 0 aromatic heterocycles. The molecule has 0 saturated heterocycles. The average Bonchev–Trinajstić information content (AvgIpc) is 2.61. The molecule has 0 aromatic carbocycles. The first-order valence-electron chi connectivity index (χ1n) is 10.8. The SMILES string of the molecule is C=C(C)/C=C(/C)C(C)=C(C)C.C=C(C)C(/C=C(/C)C(C)C)=C(C)C.CC.CC. The Morgan fingerprint density at radius 1 is 0.643 bits per heavy atom. The lowest BCUT2D eigenvalue weighted by molar-refractivity contribution is 0.768. The molecule has 0 fully saturated rings. The molecule has 0 bridgehead atoms. The number of hydrogen-bond donors (Lipinski definition) is 0. The van der Waals surface area contributed by atoms with E-state index in [4.69, 9.17) is 0 Å².